The number of rotatable bonds is 7. The standard InChI is InChI=1S/C13H25N3O3.HI/c1-3-18-12(17)7-4-8-15-13(14-2)16-10-11-6-5-9-19-11;/h11H,3-10H2,1-2H3,(H2,14,15,16);1H. The molecule has 0 spiro atoms. The third kappa shape index (κ3) is 8.57. The molecular weight excluding hydrogens is 373 g/mol. The number of hydrogen-bond donors (Lipinski definition) is 2. The molecule has 1 rings (SSSR count). The minimum absolute atomic E-state index is 0. The van der Waals surface area contributed by atoms with Crippen molar-refractivity contribution in [2.75, 3.05) is 33.4 Å². The molecular formula is C13H26IN3O3. The van der Waals surface area contributed by atoms with Crippen molar-refractivity contribution in [3.8, 4) is 0 Å². The number of hydrogen-bond acceptors (Lipinski definition) is 4. The number of guanidine groups is 1. The lowest BCUT2D eigenvalue weighted by Crippen LogP contribution is -2.41. The van der Waals surface area contributed by atoms with E-state index in [1.54, 1.807) is 7.05 Å². The van der Waals surface area contributed by atoms with Crippen LogP contribution >= 0.6 is 24.0 Å². The summed E-state index contributed by atoms with van der Waals surface area (Å²) in [4.78, 5) is 15.3. The summed E-state index contributed by atoms with van der Waals surface area (Å²) in [7, 11) is 1.73. The molecule has 0 radical (unpaired) electrons. The van der Waals surface area contributed by atoms with E-state index >= 15 is 0 Å². The molecule has 0 saturated carbocycles. The van der Waals surface area contributed by atoms with Gasteiger partial charge in [0.25, 0.3) is 0 Å². The number of ether oxygens (including phenoxy) is 2. The first kappa shape index (κ1) is 19.4. The SMILES string of the molecule is CCOC(=O)CCCNC(=NC)NCC1CCCO1.I. The molecule has 2 N–H and O–H groups in total. The highest BCUT2D eigenvalue weighted by Gasteiger charge is 2.15. The summed E-state index contributed by atoms with van der Waals surface area (Å²) in [5.41, 5.74) is 0. The Bertz CT molecular complexity index is 295. The minimum Gasteiger partial charge on any atom is -0.466 e. The minimum atomic E-state index is -0.147. The highest BCUT2D eigenvalue weighted by atomic mass is 127. The van der Waals surface area contributed by atoms with Crippen molar-refractivity contribution in [1.82, 2.24) is 10.6 Å². The molecule has 1 aliphatic rings. The van der Waals surface area contributed by atoms with Crippen LogP contribution in [0.15, 0.2) is 4.99 Å². The van der Waals surface area contributed by atoms with E-state index in [1.165, 1.54) is 0 Å². The second-order valence-electron chi connectivity index (χ2n) is 4.42. The summed E-state index contributed by atoms with van der Waals surface area (Å²) < 4.78 is 10.4. The Balaban J connectivity index is 0.00000361. The van der Waals surface area contributed by atoms with Crippen molar-refractivity contribution in [1.29, 1.82) is 0 Å². The first-order chi connectivity index (χ1) is 9.26. The van der Waals surface area contributed by atoms with Gasteiger partial charge in [-0.2, -0.15) is 0 Å². The predicted molar refractivity (Wildman–Crippen MR) is 89.6 cm³/mol. The number of halogens is 1. The Hall–Kier alpha value is -0.570. The maximum absolute atomic E-state index is 11.1. The number of nitrogens with one attached hydrogen (secondary N) is 2. The van der Waals surface area contributed by atoms with Gasteiger partial charge in [0.1, 0.15) is 0 Å². The third-order valence-electron chi connectivity index (χ3n) is 2.90. The monoisotopic (exact) mass is 399 g/mol. The van der Waals surface area contributed by atoms with Gasteiger partial charge < -0.3 is 20.1 Å². The van der Waals surface area contributed by atoms with Crippen molar-refractivity contribution < 1.29 is 14.3 Å². The lowest BCUT2D eigenvalue weighted by Gasteiger charge is -2.14. The van der Waals surface area contributed by atoms with Crippen molar-refractivity contribution in [3.05, 3.63) is 0 Å². The van der Waals surface area contributed by atoms with Crippen molar-refractivity contribution >= 4 is 35.9 Å². The van der Waals surface area contributed by atoms with Crippen molar-refractivity contribution in [2.45, 2.75) is 38.7 Å². The molecule has 20 heavy (non-hydrogen) atoms. The molecule has 1 atom stereocenters. The van der Waals surface area contributed by atoms with Gasteiger partial charge in [-0.3, -0.25) is 9.79 Å². The fourth-order valence-corrected chi connectivity index (χ4v) is 1.91. The molecule has 1 saturated heterocycles. The zero-order valence-corrected chi connectivity index (χ0v) is 14.6. The maximum atomic E-state index is 11.1. The highest BCUT2D eigenvalue weighted by Crippen LogP contribution is 2.10. The van der Waals surface area contributed by atoms with E-state index in [0.717, 1.165) is 38.4 Å². The molecule has 0 bridgehead atoms. The first-order valence-electron chi connectivity index (χ1n) is 6.98. The topological polar surface area (TPSA) is 72.0 Å². The van der Waals surface area contributed by atoms with Gasteiger partial charge in [0.2, 0.25) is 0 Å². The summed E-state index contributed by atoms with van der Waals surface area (Å²) in [6.07, 6.45) is 3.70. The quantitative estimate of drug-likeness (QED) is 0.222. The van der Waals surface area contributed by atoms with Crippen LogP contribution in [-0.2, 0) is 14.3 Å². The molecule has 1 fully saturated rings. The molecule has 1 aliphatic heterocycles. The third-order valence-corrected chi connectivity index (χ3v) is 2.90. The Morgan fingerprint density at radius 2 is 2.25 bits per heavy atom. The molecule has 0 aromatic carbocycles. The highest BCUT2D eigenvalue weighted by molar-refractivity contribution is 14.0. The van der Waals surface area contributed by atoms with Crippen LogP contribution in [0.2, 0.25) is 0 Å². The zero-order valence-electron chi connectivity index (χ0n) is 12.3. The Labute approximate surface area is 138 Å². The fourth-order valence-electron chi connectivity index (χ4n) is 1.91. The van der Waals surface area contributed by atoms with Crippen molar-refractivity contribution in [3.63, 3.8) is 0 Å². The molecule has 0 aromatic rings. The predicted octanol–water partition coefficient (Wildman–Crippen LogP) is 1.29. The zero-order chi connectivity index (χ0) is 13.9. The summed E-state index contributed by atoms with van der Waals surface area (Å²) in [6, 6.07) is 0. The summed E-state index contributed by atoms with van der Waals surface area (Å²) >= 11 is 0. The van der Waals surface area contributed by atoms with Gasteiger partial charge in [-0.1, -0.05) is 0 Å². The molecule has 0 amide bonds. The van der Waals surface area contributed by atoms with E-state index in [2.05, 4.69) is 15.6 Å². The van der Waals surface area contributed by atoms with E-state index < -0.39 is 0 Å². The first-order valence-corrected chi connectivity index (χ1v) is 6.98. The average Bonchev–Trinajstić information content (AvgIpc) is 2.91. The molecule has 7 heteroatoms. The second-order valence-corrected chi connectivity index (χ2v) is 4.42. The van der Waals surface area contributed by atoms with Gasteiger partial charge in [-0.25, -0.2) is 0 Å². The molecule has 6 nitrogen and oxygen atoms in total. The summed E-state index contributed by atoms with van der Waals surface area (Å²) in [5, 5.41) is 6.39. The molecule has 1 unspecified atom stereocenters. The van der Waals surface area contributed by atoms with Crippen molar-refractivity contribution in [2.24, 2.45) is 4.99 Å². The van der Waals surface area contributed by atoms with E-state index in [0.29, 0.717) is 19.6 Å². The molecule has 118 valence electrons. The number of nitrogens with zero attached hydrogens (tertiary/aromatic N) is 1. The fraction of sp³-hybridized carbons (Fsp3) is 0.846. The van der Waals surface area contributed by atoms with Crippen LogP contribution in [0.4, 0.5) is 0 Å². The van der Waals surface area contributed by atoms with Crippen LogP contribution in [0.1, 0.15) is 32.6 Å². The van der Waals surface area contributed by atoms with E-state index in [9.17, 15) is 4.79 Å². The van der Waals surface area contributed by atoms with Crippen LogP contribution in [-0.4, -0.2) is 51.4 Å². The Morgan fingerprint density at radius 1 is 1.45 bits per heavy atom. The number of esters is 1. The smallest absolute Gasteiger partial charge is 0.305 e. The Morgan fingerprint density at radius 3 is 2.85 bits per heavy atom. The van der Waals surface area contributed by atoms with Crippen LogP contribution < -0.4 is 10.6 Å². The van der Waals surface area contributed by atoms with Gasteiger partial charge in [-0.15, -0.1) is 24.0 Å². The lowest BCUT2D eigenvalue weighted by atomic mass is 10.2. The molecule has 0 aliphatic carbocycles. The van der Waals surface area contributed by atoms with Crippen LogP contribution in [0, 0.1) is 0 Å². The van der Waals surface area contributed by atoms with Crippen LogP contribution in [0.25, 0.3) is 0 Å². The second kappa shape index (κ2) is 12.2. The van der Waals surface area contributed by atoms with Crippen LogP contribution in [0.5, 0.6) is 0 Å². The maximum Gasteiger partial charge on any atom is 0.305 e. The normalized spacial score (nSPS) is 18.3. The van der Waals surface area contributed by atoms with Gasteiger partial charge in [0, 0.05) is 33.2 Å². The van der Waals surface area contributed by atoms with Crippen LogP contribution in [0.3, 0.4) is 0 Å². The average molecular weight is 399 g/mol. The van der Waals surface area contributed by atoms with Gasteiger partial charge in [0.15, 0.2) is 5.96 Å². The summed E-state index contributed by atoms with van der Waals surface area (Å²) in [5.74, 6) is 0.603. The largest absolute Gasteiger partial charge is 0.466 e. The lowest BCUT2D eigenvalue weighted by molar-refractivity contribution is -0.143. The van der Waals surface area contributed by atoms with E-state index in [-0.39, 0.29) is 36.0 Å². The molecule has 1 heterocycles. The number of carbonyl (C=O) groups is 1. The Kier molecular flexibility index (Phi) is 11.8. The van der Waals surface area contributed by atoms with E-state index in [1.807, 2.05) is 6.92 Å². The van der Waals surface area contributed by atoms with Gasteiger partial charge in [-0.05, 0) is 26.2 Å². The van der Waals surface area contributed by atoms with Gasteiger partial charge in [0.05, 0.1) is 12.7 Å². The number of carbonyl (C=O) groups excluding carboxylic acids is 1. The molecule has 0 aromatic heterocycles. The van der Waals surface area contributed by atoms with E-state index in [4.69, 9.17) is 9.47 Å². The van der Waals surface area contributed by atoms with Gasteiger partial charge >= 0.3 is 5.97 Å². The number of aliphatic imine (C=N–C) groups is 1. The summed E-state index contributed by atoms with van der Waals surface area (Å²) in [6.45, 7) is 4.59.